The van der Waals surface area contributed by atoms with Crippen LogP contribution in [0.5, 0.6) is 0 Å². The predicted octanol–water partition coefficient (Wildman–Crippen LogP) is 1.55. The van der Waals surface area contributed by atoms with E-state index in [2.05, 4.69) is 10.0 Å². The van der Waals surface area contributed by atoms with E-state index in [0.717, 1.165) is 32.2 Å². The third kappa shape index (κ3) is 2.62. The number of para-hydroxylation sites is 1. The molecule has 7 nitrogen and oxygen atoms in total. The zero-order valence-corrected chi connectivity index (χ0v) is 12.9. The van der Waals surface area contributed by atoms with Crippen LogP contribution in [0.4, 0.5) is 5.69 Å². The van der Waals surface area contributed by atoms with Crippen LogP contribution in [-0.4, -0.2) is 31.5 Å². The summed E-state index contributed by atoms with van der Waals surface area (Å²) < 4.78 is 27.9. The molecular formula is C14H19N3O4S. The molecule has 1 aromatic carbocycles. The highest BCUT2D eigenvalue weighted by Gasteiger charge is 2.46. The number of hydrogen-bond donors (Lipinski definition) is 2. The molecule has 2 aliphatic rings. The van der Waals surface area contributed by atoms with Crippen molar-refractivity contribution >= 4 is 15.7 Å². The van der Waals surface area contributed by atoms with Crippen LogP contribution in [-0.2, 0) is 10.0 Å². The zero-order valence-electron chi connectivity index (χ0n) is 12.1. The Balaban J connectivity index is 1.90. The maximum atomic E-state index is 12.6. The molecule has 8 heteroatoms. The first-order chi connectivity index (χ1) is 10.4. The molecule has 1 heterocycles. The van der Waals surface area contributed by atoms with Gasteiger partial charge in [0.2, 0.25) is 10.0 Å². The summed E-state index contributed by atoms with van der Waals surface area (Å²) in [5, 5.41) is 14.5. The van der Waals surface area contributed by atoms with Crippen LogP contribution in [0.1, 0.15) is 32.1 Å². The molecule has 22 heavy (non-hydrogen) atoms. The summed E-state index contributed by atoms with van der Waals surface area (Å²) in [6.45, 7) is 0.768. The highest BCUT2D eigenvalue weighted by molar-refractivity contribution is 7.89. The van der Waals surface area contributed by atoms with Crippen molar-refractivity contribution in [3.63, 3.8) is 0 Å². The maximum absolute atomic E-state index is 12.6. The number of nitrogens with zero attached hydrogens (tertiary/aromatic N) is 1. The molecule has 1 atom stereocenters. The van der Waals surface area contributed by atoms with Gasteiger partial charge in [-0.1, -0.05) is 25.0 Å². The molecule has 1 aliphatic carbocycles. The van der Waals surface area contributed by atoms with Crippen molar-refractivity contribution in [3.8, 4) is 0 Å². The van der Waals surface area contributed by atoms with E-state index in [1.807, 2.05) is 0 Å². The summed E-state index contributed by atoms with van der Waals surface area (Å²) >= 11 is 0. The molecule has 1 aliphatic heterocycles. The van der Waals surface area contributed by atoms with Gasteiger partial charge in [0.15, 0.2) is 4.90 Å². The lowest BCUT2D eigenvalue weighted by atomic mass is 9.91. The minimum atomic E-state index is -3.91. The first kappa shape index (κ1) is 15.4. The van der Waals surface area contributed by atoms with Gasteiger partial charge in [0, 0.05) is 17.6 Å². The highest BCUT2D eigenvalue weighted by Crippen LogP contribution is 2.37. The van der Waals surface area contributed by atoms with E-state index >= 15 is 0 Å². The molecule has 2 N–H and O–H groups in total. The number of hydrogen-bond acceptors (Lipinski definition) is 5. The second-order valence-electron chi connectivity index (χ2n) is 5.98. The van der Waals surface area contributed by atoms with Crippen molar-refractivity contribution in [1.29, 1.82) is 0 Å². The van der Waals surface area contributed by atoms with Crippen LogP contribution in [0, 0.1) is 10.1 Å². The van der Waals surface area contributed by atoms with Crippen LogP contribution >= 0.6 is 0 Å². The van der Waals surface area contributed by atoms with Crippen LogP contribution in [0.25, 0.3) is 0 Å². The van der Waals surface area contributed by atoms with Gasteiger partial charge in [-0.25, -0.2) is 13.1 Å². The normalized spacial score (nSPS) is 23.9. The average molecular weight is 325 g/mol. The van der Waals surface area contributed by atoms with E-state index in [4.69, 9.17) is 0 Å². The summed E-state index contributed by atoms with van der Waals surface area (Å²) in [7, 11) is -3.91. The van der Waals surface area contributed by atoms with Gasteiger partial charge >= 0.3 is 0 Å². The second kappa shape index (κ2) is 5.60. The van der Waals surface area contributed by atoms with E-state index in [0.29, 0.717) is 6.42 Å². The molecule has 1 aromatic rings. The lowest BCUT2D eigenvalue weighted by Crippen LogP contribution is -2.53. The Morgan fingerprint density at radius 3 is 2.64 bits per heavy atom. The van der Waals surface area contributed by atoms with Crippen molar-refractivity contribution in [3.05, 3.63) is 34.4 Å². The van der Waals surface area contributed by atoms with E-state index < -0.39 is 14.9 Å². The topological polar surface area (TPSA) is 101 Å². The van der Waals surface area contributed by atoms with Gasteiger partial charge in [0.1, 0.15) is 0 Å². The van der Waals surface area contributed by atoms with E-state index in [-0.39, 0.29) is 22.2 Å². The zero-order chi connectivity index (χ0) is 15.8. The molecule has 1 saturated heterocycles. The summed E-state index contributed by atoms with van der Waals surface area (Å²) in [6, 6.07) is 5.25. The fraction of sp³-hybridized carbons (Fsp3) is 0.571. The Hall–Kier alpha value is -1.51. The number of rotatable bonds is 4. The van der Waals surface area contributed by atoms with Gasteiger partial charge in [-0.05, 0) is 31.9 Å². The van der Waals surface area contributed by atoms with Crippen LogP contribution in [0.15, 0.2) is 29.2 Å². The van der Waals surface area contributed by atoms with Crippen LogP contribution in [0.3, 0.4) is 0 Å². The summed E-state index contributed by atoms with van der Waals surface area (Å²) in [4.78, 5) is 10.1. The Morgan fingerprint density at radius 2 is 1.95 bits per heavy atom. The molecule has 1 unspecified atom stereocenters. The van der Waals surface area contributed by atoms with Crippen LogP contribution in [0.2, 0.25) is 0 Å². The minimum absolute atomic E-state index is 0.184. The molecule has 1 spiro atoms. The Morgan fingerprint density at radius 1 is 1.27 bits per heavy atom. The Labute approximate surface area is 129 Å². The number of nitro benzene ring substituents is 1. The van der Waals surface area contributed by atoms with Crippen molar-refractivity contribution in [2.45, 2.75) is 48.6 Å². The average Bonchev–Trinajstić information content (AvgIpc) is 3.10. The van der Waals surface area contributed by atoms with Gasteiger partial charge in [-0.15, -0.1) is 0 Å². The lowest BCUT2D eigenvalue weighted by molar-refractivity contribution is -0.387. The minimum Gasteiger partial charge on any atom is -0.310 e. The van der Waals surface area contributed by atoms with Gasteiger partial charge in [-0.3, -0.25) is 10.1 Å². The third-order valence-electron chi connectivity index (χ3n) is 4.72. The van der Waals surface area contributed by atoms with E-state index in [1.54, 1.807) is 0 Å². The molecule has 1 saturated carbocycles. The molecular weight excluding hydrogens is 306 g/mol. The Bertz CT molecular complexity index is 678. The summed E-state index contributed by atoms with van der Waals surface area (Å²) in [6.07, 6.45) is 4.75. The molecule has 2 fully saturated rings. The van der Waals surface area contributed by atoms with Crippen molar-refractivity contribution in [2.75, 3.05) is 6.54 Å². The molecule has 0 amide bonds. The smallest absolute Gasteiger partial charge is 0.289 e. The highest BCUT2D eigenvalue weighted by atomic mass is 32.2. The van der Waals surface area contributed by atoms with Gasteiger partial charge in [-0.2, -0.15) is 0 Å². The van der Waals surface area contributed by atoms with Crippen LogP contribution < -0.4 is 10.0 Å². The second-order valence-corrected chi connectivity index (χ2v) is 7.66. The Kier molecular flexibility index (Phi) is 3.92. The molecule has 3 rings (SSSR count). The molecule has 120 valence electrons. The largest absolute Gasteiger partial charge is 0.310 e. The molecule has 0 bridgehead atoms. The lowest BCUT2D eigenvalue weighted by Gasteiger charge is -2.31. The number of nitro groups is 1. The van der Waals surface area contributed by atoms with Gasteiger partial charge in [0.05, 0.1) is 4.92 Å². The fourth-order valence-electron chi connectivity index (χ4n) is 3.65. The van der Waals surface area contributed by atoms with Crippen molar-refractivity contribution < 1.29 is 13.3 Å². The molecule has 0 radical (unpaired) electrons. The summed E-state index contributed by atoms with van der Waals surface area (Å²) in [5.74, 6) is 0. The van der Waals surface area contributed by atoms with Crippen molar-refractivity contribution in [1.82, 2.24) is 10.0 Å². The standard InChI is InChI=1S/C14H19N3O4S/c18-17(19)11-5-1-2-6-12(11)22(20,21)16-13-7-10-15-14(13)8-3-4-9-14/h1-2,5-6,13,15-16H,3-4,7-10H2. The SMILES string of the molecule is O=[N+]([O-])c1ccccc1S(=O)(=O)NC1CCNC12CCCC2. The quantitative estimate of drug-likeness (QED) is 0.646. The first-order valence-electron chi connectivity index (χ1n) is 7.45. The van der Waals surface area contributed by atoms with Crippen molar-refractivity contribution in [2.24, 2.45) is 0 Å². The fourth-order valence-corrected chi connectivity index (χ4v) is 5.17. The monoisotopic (exact) mass is 325 g/mol. The van der Waals surface area contributed by atoms with E-state index in [9.17, 15) is 18.5 Å². The summed E-state index contributed by atoms with van der Waals surface area (Å²) in [5.41, 5.74) is -0.571. The van der Waals surface area contributed by atoms with Gasteiger partial charge < -0.3 is 5.32 Å². The molecule has 0 aromatic heterocycles. The third-order valence-corrected chi connectivity index (χ3v) is 6.24. The number of nitrogens with one attached hydrogen (secondary N) is 2. The van der Waals surface area contributed by atoms with Gasteiger partial charge in [0.25, 0.3) is 5.69 Å². The predicted molar refractivity (Wildman–Crippen MR) is 81.0 cm³/mol. The first-order valence-corrected chi connectivity index (χ1v) is 8.94. The number of benzene rings is 1. The maximum Gasteiger partial charge on any atom is 0.289 e. The number of sulfonamides is 1. The van der Waals surface area contributed by atoms with E-state index in [1.165, 1.54) is 24.3 Å².